The quantitative estimate of drug-likeness (QED) is 0.0264. The summed E-state index contributed by atoms with van der Waals surface area (Å²) in [7, 11) is -4.38. The molecule has 0 aliphatic carbocycles. The van der Waals surface area contributed by atoms with Crippen LogP contribution in [-0.4, -0.2) is 49.3 Å². The number of hydrogen-bond donors (Lipinski definition) is 2. The number of hydrogen-bond acceptors (Lipinski definition) is 8. The molecule has 9 nitrogen and oxygen atoms in total. The van der Waals surface area contributed by atoms with Gasteiger partial charge in [0.05, 0.1) is 13.2 Å². The van der Waals surface area contributed by atoms with Crippen LogP contribution in [0.3, 0.4) is 0 Å². The van der Waals surface area contributed by atoms with E-state index >= 15 is 0 Å². The largest absolute Gasteiger partial charge is 0.472 e. The molecule has 0 heterocycles. The Labute approximate surface area is 426 Å². The van der Waals surface area contributed by atoms with Crippen LogP contribution in [0.4, 0.5) is 0 Å². The summed E-state index contributed by atoms with van der Waals surface area (Å²) in [6.07, 6.45) is 67.7. The summed E-state index contributed by atoms with van der Waals surface area (Å²) >= 11 is 0. The van der Waals surface area contributed by atoms with Crippen LogP contribution in [0.1, 0.15) is 284 Å². The van der Waals surface area contributed by atoms with Crippen molar-refractivity contribution >= 4 is 19.8 Å². The molecule has 404 valence electrons. The molecular formula is C59H110NO8P. The van der Waals surface area contributed by atoms with Crippen LogP contribution >= 0.6 is 7.82 Å². The van der Waals surface area contributed by atoms with Crippen LogP contribution in [0.25, 0.3) is 0 Å². The summed E-state index contributed by atoms with van der Waals surface area (Å²) in [5.41, 5.74) is 5.37. The minimum atomic E-state index is -4.38. The first-order valence-corrected chi connectivity index (χ1v) is 30.6. The van der Waals surface area contributed by atoms with Crippen LogP contribution in [0.5, 0.6) is 0 Å². The topological polar surface area (TPSA) is 134 Å². The second-order valence-electron chi connectivity index (χ2n) is 19.5. The fraction of sp³-hybridized carbons (Fsp3) is 0.831. The number of ether oxygens (including phenoxy) is 2. The minimum absolute atomic E-state index is 0.0519. The molecule has 2 unspecified atom stereocenters. The van der Waals surface area contributed by atoms with E-state index in [2.05, 4.69) is 62.5 Å². The second kappa shape index (κ2) is 55.3. The third kappa shape index (κ3) is 55.1. The van der Waals surface area contributed by atoms with Crippen molar-refractivity contribution in [2.24, 2.45) is 5.73 Å². The zero-order chi connectivity index (χ0) is 50.2. The van der Waals surface area contributed by atoms with E-state index in [-0.39, 0.29) is 32.6 Å². The normalized spacial score (nSPS) is 13.4. The van der Waals surface area contributed by atoms with Crippen LogP contribution in [0.15, 0.2) is 48.6 Å². The lowest BCUT2D eigenvalue weighted by Gasteiger charge is -2.19. The zero-order valence-corrected chi connectivity index (χ0v) is 45.9. The van der Waals surface area contributed by atoms with E-state index in [0.29, 0.717) is 6.42 Å². The molecular weight excluding hydrogens is 882 g/mol. The average Bonchev–Trinajstić information content (AvgIpc) is 3.34. The Balaban J connectivity index is 3.80. The molecule has 0 rings (SSSR count). The third-order valence-electron chi connectivity index (χ3n) is 12.7. The molecule has 0 radical (unpaired) electrons. The van der Waals surface area contributed by atoms with E-state index in [9.17, 15) is 19.0 Å². The highest BCUT2D eigenvalue weighted by molar-refractivity contribution is 7.47. The molecule has 2 atom stereocenters. The fourth-order valence-electron chi connectivity index (χ4n) is 8.35. The molecule has 0 fully saturated rings. The highest BCUT2D eigenvalue weighted by atomic mass is 31.2. The molecule has 0 aromatic carbocycles. The Morgan fingerprint density at radius 3 is 1.16 bits per heavy atom. The van der Waals surface area contributed by atoms with Gasteiger partial charge in [0.15, 0.2) is 6.10 Å². The maximum absolute atomic E-state index is 12.7. The number of rotatable bonds is 55. The number of esters is 2. The Morgan fingerprint density at radius 1 is 0.435 bits per heavy atom. The molecule has 3 N–H and O–H groups in total. The maximum atomic E-state index is 12.7. The Kier molecular flexibility index (Phi) is 53.7. The van der Waals surface area contributed by atoms with Crippen LogP contribution in [0, 0.1) is 0 Å². The molecule has 0 aromatic rings. The van der Waals surface area contributed by atoms with Gasteiger partial charge in [-0.25, -0.2) is 4.57 Å². The van der Waals surface area contributed by atoms with Crippen molar-refractivity contribution in [1.82, 2.24) is 0 Å². The van der Waals surface area contributed by atoms with Crippen LogP contribution < -0.4 is 5.73 Å². The van der Waals surface area contributed by atoms with E-state index in [0.717, 1.165) is 70.6 Å². The molecule has 0 saturated carbocycles. The van der Waals surface area contributed by atoms with Gasteiger partial charge in [0.2, 0.25) is 0 Å². The third-order valence-corrected chi connectivity index (χ3v) is 13.7. The van der Waals surface area contributed by atoms with Crippen LogP contribution in [-0.2, 0) is 32.7 Å². The predicted molar refractivity (Wildman–Crippen MR) is 293 cm³/mol. The Bertz CT molecular complexity index is 1270. The first-order valence-electron chi connectivity index (χ1n) is 29.1. The van der Waals surface area contributed by atoms with Gasteiger partial charge in [0.25, 0.3) is 0 Å². The van der Waals surface area contributed by atoms with E-state index in [4.69, 9.17) is 24.3 Å². The molecule has 0 aromatic heterocycles. The summed E-state index contributed by atoms with van der Waals surface area (Å²) in [6.45, 7) is 3.68. The summed E-state index contributed by atoms with van der Waals surface area (Å²) < 4.78 is 32.9. The summed E-state index contributed by atoms with van der Waals surface area (Å²) in [6, 6.07) is 0. The van der Waals surface area contributed by atoms with Crippen molar-refractivity contribution in [1.29, 1.82) is 0 Å². The lowest BCUT2D eigenvalue weighted by atomic mass is 10.0. The molecule has 0 spiro atoms. The molecule has 0 aliphatic rings. The van der Waals surface area contributed by atoms with Gasteiger partial charge in [0, 0.05) is 19.4 Å². The van der Waals surface area contributed by atoms with E-state index in [1.807, 2.05) is 0 Å². The van der Waals surface area contributed by atoms with Crippen molar-refractivity contribution in [3.63, 3.8) is 0 Å². The fourth-order valence-corrected chi connectivity index (χ4v) is 9.12. The number of nitrogens with two attached hydrogens (primary N) is 1. The second-order valence-corrected chi connectivity index (χ2v) is 21.0. The van der Waals surface area contributed by atoms with Crippen molar-refractivity contribution < 1.29 is 37.6 Å². The van der Waals surface area contributed by atoms with Crippen molar-refractivity contribution in [2.75, 3.05) is 26.4 Å². The van der Waals surface area contributed by atoms with E-state index < -0.39 is 32.5 Å². The minimum Gasteiger partial charge on any atom is -0.462 e. The van der Waals surface area contributed by atoms with Gasteiger partial charge in [0.1, 0.15) is 6.61 Å². The standard InChI is InChI=1S/C59H110NO8P/c1-3-5-7-9-11-13-15-17-18-19-20-21-22-23-24-25-26-27-28-29-30-31-32-33-34-35-36-37-38-40-42-44-46-48-50-52-59(62)68-57(56-67-69(63,64)66-54-53-60)55-65-58(61)51-49-47-45-43-41-39-16-14-12-10-8-6-4-2/h8,10,14-17,19-20,57H,3-7,9,11-13,18,21-56,60H2,1-2H3,(H,63,64)/b10-8-,16-14-,17-15-,20-19-. The number of carbonyl (C=O) groups excluding carboxylic acids is 2. The summed E-state index contributed by atoms with van der Waals surface area (Å²) in [4.78, 5) is 35.0. The monoisotopic (exact) mass is 992 g/mol. The van der Waals surface area contributed by atoms with E-state index in [1.165, 1.54) is 180 Å². The Hall–Kier alpha value is -2.03. The lowest BCUT2D eigenvalue weighted by molar-refractivity contribution is -0.161. The van der Waals surface area contributed by atoms with Crippen molar-refractivity contribution in [3.8, 4) is 0 Å². The molecule has 0 aliphatic heterocycles. The number of carbonyl (C=O) groups is 2. The zero-order valence-electron chi connectivity index (χ0n) is 45.1. The number of unbranched alkanes of at least 4 members (excludes halogenated alkanes) is 34. The van der Waals surface area contributed by atoms with Gasteiger partial charge in [-0.2, -0.15) is 0 Å². The van der Waals surface area contributed by atoms with Crippen LogP contribution in [0.2, 0.25) is 0 Å². The summed E-state index contributed by atoms with van der Waals surface area (Å²) in [5.74, 6) is -0.835. The number of phosphoric ester groups is 1. The average molecular weight is 993 g/mol. The highest BCUT2D eigenvalue weighted by Gasteiger charge is 2.26. The molecule has 0 bridgehead atoms. The predicted octanol–water partition coefficient (Wildman–Crippen LogP) is 18.2. The molecule has 0 amide bonds. The Morgan fingerprint density at radius 2 is 0.783 bits per heavy atom. The SMILES string of the molecule is CCC/C=C\C/C=C\CCCCCCCC(=O)OCC(COP(=O)(O)OCCN)OC(=O)CCCCCCCCCCCCCCCCCCCCCCCCC/C=C\C/C=C\CCCCCCC. The van der Waals surface area contributed by atoms with Gasteiger partial charge in [-0.05, 0) is 70.6 Å². The number of phosphoric acid groups is 1. The van der Waals surface area contributed by atoms with Gasteiger partial charge in [-0.1, -0.05) is 249 Å². The van der Waals surface area contributed by atoms with E-state index in [1.54, 1.807) is 0 Å². The smallest absolute Gasteiger partial charge is 0.462 e. The van der Waals surface area contributed by atoms with Crippen molar-refractivity contribution in [2.45, 2.75) is 290 Å². The molecule has 0 saturated heterocycles. The summed E-state index contributed by atoms with van der Waals surface area (Å²) in [5, 5.41) is 0. The first-order chi connectivity index (χ1) is 33.8. The number of allylic oxidation sites excluding steroid dienone is 8. The van der Waals surface area contributed by atoms with Gasteiger partial charge in [-0.15, -0.1) is 0 Å². The lowest BCUT2D eigenvalue weighted by Crippen LogP contribution is -2.29. The van der Waals surface area contributed by atoms with Crippen molar-refractivity contribution in [3.05, 3.63) is 48.6 Å². The highest BCUT2D eigenvalue weighted by Crippen LogP contribution is 2.43. The molecule has 10 heteroatoms. The maximum Gasteiger partial charge on any atom is 0.472 e. The van der Waals surface area contributed by atoms with Gasteiger partial charge < -0.3 is 20.1 Å². The first kappa shape index (κ1) is 67.0. The molecule has 69 heavy (non-hydrogen) atoms. The van der Waals surface area contributed by atoms with Gasteiger partial charge >= 0.3 is 19.8 Å². The van der Waals surface area contributed by atoms with Gasteiger partial charge in [-0.3, -0.25) is 18.6 Å².